The highest BCUT2D eigenvalue weighted by atomic mass is 32.1. The van der Waals surface area contributed by atoms with Crippen molar-refractivity contribution < 1.29 is 13.3 Å². The van der Waals surface area contributed by atoms with Crippen molar-refractivity contribution in [3.05, 3.63) is 273 Å². The van der Waals surface area contributed by atoms with Gasteiger partial charge in [0.05, 0.1) is 43.0 Å². The Balaban J connectivity index is 0.747. The van der Waals surface area contributed by atoms with Crippen molar-refractivity contribution in [1.29, 1.82) is 0 Å². The van der Waals surface area contributed by atoms with Gasteiger partial charge in [0.1, 0.15) is 33.5 Å². The average Bonchev–Trinajstić information content (AvgIpc) is 1.54. The van der Waals surface area contributed by atoms with Gasteiger partial charge in [0.2, 0.25) is 0 Å². The largest absolute Gasteiger partial charge is 0.455 e. The molecule has 0 unspecified atom stereocenters. The summed E-state index contributed by atoms with van der Waals surface area (Å²) in [5.74, 6) is 0. The Morgan fingerprint density at radius 1 is 0.261 bits per heavy atom. The highest BCUT2D eigenvalue weighted by molar-refractivity contribution is 7.26. The topological polar surface area (TPSA) is 50.3 Å². The Bertz CT molecular complexity index is 6990. The minimum Gasteiger partial charge on any atom is -0.455 e. The van der Waals surface area contributed by atoms with E-state index in [1.54, 1.807) is 0 Å². The van der Waals surface area contributed by atoms with Crippen LogP contribution in [-0.2, 0) is 0 Å². The van der Waals surface area contributed by atoms with Gasteiger partial charge in [-0.05, 0) is 119 Å². The molecule has 0 bridgehead atoms. The molecule has 0 radical (unpaired) electrons. The van der Waals surface area contributed by atoms with E-state index in [0.717, 1.165) is 143 Å². The molecule has 0 spiro atoms. The molecule has 426 valence electrons. The van der Waals surface area contributed by atoms with Gasteiger partial charge in [-0.15, -0.1) is 22.7 Å². The summed E-state index contributed by atoms with van der Waals surface area (Å²) in [7, 11) is 0. The third-order valence-corrected chi connectivity index (χ3v) is 22.3. The molecule has 0 saturated heterocycles. The quantitative estimate of drug-likeness (QED) is 0.166. The van der Waals surface area contributed by atoms with E-state index >= 15 is 0 Å². The molecule has 22 aromatic rings. The summed E-state index contributed by atoms with van der Waals surface area (Å²) in [6, 6.07) is 99.9. The molecule has 0 fully saturated rings. The summed E-state index contributed by atoms with van der Waals surface area (Å²) in [5, 5.41) is 23.1. The van der Waals surface area contributed by atoms with Crippen molar-refractivity contribution in [2.75, 3.05) is 9.80 Å². The van der Waals surface area contributed by atoms with Crippen LogP contribution < -0.4 is 9.80 Å². The first kappa shape index (κ1) is 49.2. The molecule has 92 heavy (non-hydrogen) atoms. The van der Waals surface area contributed by atoms with Gasteiger partial charge in [0, 0.05) is 136 Å². The summed E-state index contributed by atoms with van der Waals surface area (Å²) in [4.78, 5) is 4.88. The molecule has 0 aliphatic carbocycles. The van der Waals surface area contributed by atoms with Crippen molar-refractivity contribution >= 4 is 233 Å². The summed E-state index contributed by atoms with van der Waals surface area (Å²) in [5.41, 5.74) is 15.0. The first-order valence-corrected chi connectivity index (χ1v) is 32.8. The fourth-order valence-electron chi connectivity index (χ4n) is 15.9. The first-order chi connectivity index (χ1) is 45.6. The van der Waals surface area contributed by atoms with E-state index in [1.165, 1.54) is 67.4 Å². The van der Waals surface area contributed by atoms with Crippen LogP contribution in [0.25, 0.3) is 177 Å². The van der Waals surface area contributed by atoms with Crippen molar-refractivity contribution in [3.63, 3.8) is 0 Å². The maximum atomic E-state index is 7.29. The molecule has 6 nitrogen and oxygen atoms in total. The summed E-state index contributed by atoms with van der Waals surface area (Å²) >= 11 is 3.69. The first-order valence-electron chi connectivity index (χ1n) is 31.2. The van der Waals surface area contributed by atoms with Gasteiger partial charge in [-0.2, -0.15) is 0 Å². The van der Waals surface area contributed by atoms with E-state index in [4.69, 9.17) is 13.3 Å². The number of hydrogen-bond donors (Lipinski definition) is 0. The molecule has 0 aliphatic heterocycles. The summed E-state index contributed by atoms with van der Waals surface area (Å²) in [6.07, 6.45) is 0. The van der Waals surface area contributed by atoms with Gasteiger partial charge < -0.3 is 27.5 Å². The summed E-state index contributed by atoms with van der Waals surface area (Å²) < 4.78 is 28.6. The zero-order valence-corrected chi connectivity index (χ0v) is 50.5. The van der Waals surface area contributed by atoms with Crippen LogP contribution in [0, 0.1) is 0 Å². The number of benzene rings is 15. The molecule has 0 saturated carbocycles. The fourth-order valence-corrected chi connectivity index (χ4v) is 18.3. The molecule has 8 heteroatoms. The molecule has 7 heterocycles. The van der Waals surface area contributed by atoms with Crippen LogP contribution in [0.4, 0.5) is 34.1 Å². The second-order valence-electron chi connectivity index (χ2n) is 24.6. The molecule has 15 aromatic carbocycles. The van der Waals surface area contributed by atoms with Crippen LogP contribution in [0.15, 0.2) is 286 Å². The van der Waals surface area contributed by atoms with Crippen LogP contribution in [0.5, 0.6) is 0 Å². The fraction of sp³-hybridized carbons (Fsp3) is 0. The molecule has 0 N–H and O–H groups in total. The number of anilines is 6. The third-order valence-electron chi connectivity index (χ3n) is 19.9. The molecular weight excluding hydrogens is 1160 g/mol. The van der Waals surface area contributed by atoms with Crippen LogP contribution in [0.3, 0.4) is 0 Å². The van der Waals surface area contributed by atoms with Gasteiger partial charge in [-0.25, -0.2) is 0 Å². The monoisotopic (exact) mass is 1210 g/mol. The number of rotatable bonds is 6. The zero-order valence-electron chi connectivity index (χ0n) is 48.9. The van der Waals surface area contributed by atoms with Gasteiger partial charge in [-0.3, -0.25) is 0 Å². The predicted octanol–water partition coefficient (Wildman–Crippen LogP) is 25.7. The maximum absolute atomic E-state index is 7.29. The van der Waals surface area contributed by atoms with Gasteiger partial charge in [0.25, 0.3) is 0 Å². The lowest BCUT2D eigenvalue weighted by atomic mass is 9.99. The van der Waals surface area contributed by atoms with E-state index in [0.29, 0.717) is 0 Å². The Labute approximate surface area is 530 Å². The average molecular weight is 1210 g/mol. The van der Waals surface area contributed by atoms with Crippen molar-refractivity contribution in [2.24, 2.45) is 0 Å². The minimum absolute atomic E-state index is 0.822. The second-order valence-corrected chi connectivity index (χ2v) is 26.7. The second kappa shape index (κ2) is 18.0. The molecule has 7 aromatic heterocycles. The highest BCUT2D eigenvalue weighted by Crippen LogP contribution is 2.54. The molecule has 0 atom stereocenters. The van der Waals surface area contributed by atoms with E-state index in [2.05, 4.69) is 287 Å². The van der Waals surface area contributed by atoms with Crippen LogP contribution in [0.1, 0.15) is 0 Å². The van der Waals surface area contributed by atoms with E-state index < -0.39 is 0 Å². The highest BCUT2D eigenvalue weighted by Gasteiger charge is 2.29. The Kier molecular flexibility index (Phi) is 9.64. The number of aromatic nitrogens is 1. The van der Waals surface area contributed by atoms with Crippen molar-refractivity contribution in [1.82, 2.24) is 4.40 Å². The van der Waals surface area contributed by atoms with Gasteiger partial charge >= 0.3 is 0 Å². The Morgan fingerprint density at radius 3 is 1.27 bits per heavy atom. The lowest BCUT2D eigenvalue weighted by Crippen LogP contribution is -2.10. The number of hydrogen-bond acceptors (Lipinski definition) is 7. The minimum atomic E-state index is 0.822. The molecule has 0 aliphatic rings. The van der Waals surface area contributed by atoms with E-state index in [1.807, 2.05) is 22.7 Å². The number of para-hydroxylation sites is 1. The zero-order chi connectivity index (χ0) is 59.6. The van der Waals surface area contributed by atoms with Gasteiger partial charge in [-0.1, -0.05) is 152 Å². The van der Waals surface area contributed by atoms with E-state index in [9.17, 15) is 0 Å². The molecular formula is C84H45N3O3S2. The lowest BCUT2D eigenvalue weighted by molar-refractivity contribution is 0.672. The van der Waals surface area contributed by atoms with Crippen LogP contribution in [0.2, 0.25) is 0 Å². The Hall–Kier alpha value is -11.7. The van der Waals surface area contributed by atoms with Crippen molar-refractivity contribution in [3.8, 4) is 0 Å². The molecule has 0 amide bonds. The maximum Gasteiger partial charge on any atom is 0.143 e. The van der Waals surface area contributed by atoms with Crippen LogP contribution >= 0.6 is 22.7 Å². The standard InChI is InChI=1S/C84H45N3O3S2/c1-3-15-51-46(13-1)27-32-59-53-34-29-48(43-72(53)88-80(51)59)85(70-23-11-20-63-56-17-6-9-25-75(56)91-83(63)70)49-30-35-55-61-38-37-58-62(82(61)90-73(55)44-49)39-41-68-77(58)66-40-42-69(78-65-19-5-8-22-67(65)87(68)79(66)78)86(71-24-12-21-64-57-18-7-10-26-76(57)92-84(64)71)50-31-36-54-60-33-28-47-14-2-4-16-52(47)81(60)89-74(54)45-50/h1-45H. The normalized spacial score (nSPS) is 12.6. The van der Waals surface area contributed by atoms with Gasteiger partial charge in [0.15, 0.2) is 0 Å². The summed E-state index contributed by atoms with van der Waals surface area (Å²) in [6.45, 7) is 0. The number of thiophene rings is 2. The Morgan fingerprint density at radius 2 is 0.685 bits per heavy atom. The predicted molar refractivity (Wildman–Crippen MR) is 391 cm³/mol. The lowest BCUT2D eigenvalue weighted by Gasteiger charge is -2.27. The van der Waals surface area contributed by atoms with Crippen LogP contribution in [-0.4, -0.2) is 4.40 Å². The third kappa shape index (κ3) is 6.55. The number of fused-ring (bicyclic) bond motifs is 28. The molecule has 22 rings (SSSR count). The number of furan rings is 3. The van der Waals surface area contributed by atoms with E-state index in [-0.39, 0.29) is 0 Å². The SMILES string of the molecule is c1ccc2c(c1)ccc1c3ccc(N(c4ccc5c(c4)oc4c5ccc5c4ccc4c5c5ccc(N(c6ccc7c(c6)oc6c8ccccc8ccc76)c6cccc7c6sc6ccccc67)c6c7ccccc7n4c56)c4cccc5c4sc4ccccc45)cc3oc21. The smallest absolute Gasteiger partial charge is 0.143 e. The number of nitrogens with zero attached hydrogens (tertiary/aromatic N) is 3. The van der Waals surface area contributed by atoms with Crippen molar-refractivity contribution in [2.45, 2.75) is 0 Å².